The minimum atomic E-state index is -0.100. The van der Waals surface area contributed by atoms with Crippen LogP contribution in [0, 0.1) is 0 Å². The second kappa shape index (κ2) is 8.66. The molecule has 1 aromatic heterocycles. The molecule has 29 heavy (non-hydrogen) atoms. The van der Waals surface area contributed by atoms with Crippen molar-refractivity contribution in [2.75, 3.05) is 19.6 Å². The van der Waals surface area contributed by atoms with E-state index < -0.39 is 0 Å². The van der Waals surface area contributed by atoms with Gasteiger partial charge in [-0.1, -0.05) is 41.9 Å². The van der Waals surface area contributed by atoms with Crippen LogP contribution in [-0.4, -0.2) is 46.1 Å². The third kappa shape index (κ3) is 4.43. The van der Waals surface area contributed by atoms with Gasteiger partial charge in [0.2, 0.25) is 11.8 Å². The van der Waals surface area contributed by atoms with E-state index in [9.17, 15) is 9.59 Å². The van der Waals surface area contributed by atoms with Gasteiger partial charge in [0.1, 0.15) is 12.2 Å². The van der Waals surface area contributed by atoms with E-state index in [1.807, 2.05) is 53.4 Å². The summed E-state index contributed by atoms with van der Waals surface area (Å²) in [6.45, 7) is 2.20. The number of fused-ring (bicyclic) bond motifs is 1. The Morgan fingerprint density at radius 1 is 1.17 bits per heavy atom. The predicted molar refractivity (Wildman–Crippen MR) is 114 cm³/mol. The van der Waals surface area contributed by atoms with Crippen molar-refractivity contribution in [2.24, 2.45) is 0 Å². The molecule has 0 bridgehead atoms. The zero-order valence-electron chi connectivity index (χ0n) is 16.1. The fourth-order valence-electron chi connectivity index (χ4n) is 3.71. The first-order valence-electron chi connectivity index (χ1n) is 9.88. The van der Waals surface area contributed by atoms with Crippen LogP contribution in [0.5, 0.6) is 0 Å². The fraction of sp³-hybridized carbons (Fsp3) is 0.318. The zero-order valence-corrected chi connectivity index (χ0v) is 16.9. The van der Waals surface area contributed by atoms with Crippen LogP contribution in [0.4, 0.5) is 0 Å². The van der Waals surface area contributed by atoms with Gasteiger partial charge < -0.3 is 10.2 Å². The Kier molecular flexibility index (Phi) is 5.81. The Hall–Kier alpha value is -2.86. The molecule has 0 unspecified atom stereocenters. The van der Waals surface area contributed by atoms with Crippen LogP contribution in [0.2, 0.25) is 5.02 Å². The Morgan fingerprint density at radius 3 is 2.76 bits per heavy atom. The standard InChI is InChI=1S/C22H23ClN4O2/c23-17-9-10-19-18(14-17)22(16-6-2-1-3-7-16)25-27(19)15-20(28)24-11-5-13-26-12-4-8-21(26)29/h1-3,6-7,9-10,14H,4-5,8,11-13,15H2,(H,24,28). The maximum Gasteiger partial charge on any atom is 0.241 e. The molecule has 7 heteroatoms. The minimum absolute atomic E-state index is 0.100. The first kappa shape index (κ1) is 19.5. The molecule has 2 aromatic carbocycles. The lowest BCUT2D eigenvalue weighted by Gasteiger charge is -2.15. The van der Waals surface area contributed by atoms with Crippen LogP contribution < -0.4 is 5.32 Å². The minimum Gasteiger partial charge on any atom is -0.354 e. The smallest absolute Gasteiger partial charge is 0.241 e. The third-order valence-electron chi connectivity index (χ3n) is 5.15. The van der Waals surface area contributed by atoms with Gasteiger partial charge in [-0.25, -0.2) is 0 Å². The number of halogens is 1. The van der Waals surface area contributed by atoms with Crippen LogP contribution in [0.15, 0.2) is 48.5 Å². The maximum absolute atomic E-state index is 12.5. The largest absolute Gasteiger partial charge is 0.354 e. The number of rotatable bonds is 7. The molecule has 0 atom stereocenters. The SMILES string of the molecule is O=C(Cn1nc(-c2ccccc2)c2cc(Cl)ccc21)NCCCN1CCCC1=O. The van der Waals surface area contributed by atoms with Crippen LogP contribution in [0.1, 0.15) is 19.3 Å². The average molecular weight is 411 g/mol. The molecule has 150 valence electrons. The number of aromatic nitrogens is 2. The maximum atomic E-state index is 12.5. The summed E-state index contributed by atoms with van der Waals surface area (Å²) in [5.41, 5.74) is 2.66. The molecule has 3 aromatic rings. The van der Waals surface area contributed by atoms with Crippen molar-refractivity contribution in [1.82, 2.24) is 20.0 Å². The van der Waals surface area contributed by atoms with Gasteiger partial charge in [-0.3, -0.25) is 14.3 Å². The number of amides is 2. The van der Waals surface area contributed by atoms with E-state index in [1.165, 1.54) is 0 Å². The van der Waals surface area contributed by atoms with E-state index >= 15 is 0 Å². The summed E-state index contributed by atoms with van der Waals surface area (Å²) in [4.78, 5) is 25.9. The first-order valence-corrected chi connectivity index (χ1v) is 10.3. The van der Waals surface area contributed by atoms with Crippen molar-refractivity contribution in [3.63, 3.8) is 0 Å². The number of carbonyl (C=O) groups excluding carboxylic acids is 2. The zero-order chi connectivity index (χ0) is 20.2. The average Bonchev–Trinajstić information content (AvgIpc) is 3.29. The van der Waals surface area contributed by atoms with Gasteiger partial charge in [0.25, 0.3) is 0 Å². The number of nitrogens with one attached hydrogen (secondary N) is 1. The third-order valence-corrected chi connectivity index (χ3v) is 5.39. The topological polar surface area (TPSA) is 67.2 Å². The van der Waals surface area contributed by atoms with Crippen LogP contribution in [0.25, 0.3) is 22.2 Å². The van der Waals surface area contributed by atoms with Crippen molar-refractivity contribution in [3.8, 4) is 11.3 Å². The second-order valence-electron chi connectivity index (χ2n) is 7.22. The highest BCUT2D eigenvalue weighted by Gasteiger charge is 2.19. The van der Waals surface area contributed by atoms with Gasteiger partial charge in [0.05, 0.1) is 5.52 Å². The second-order valence-corrected chi connectivity index (χ2v) is 7.66. The molecule has 1 aliphatic rings. The molecule has 0 aliphatic carbocycles. The molecule has 1 N–H and O–H groups in total. The highest BCUT2D eigenvalue weighted by molar-refractivity contribution is 6.31. The summed E-state index contributed by atoms with van der Waals surface area (Å²) in [6, 6.07) is 15.4. The van der Waals surface area contributed by atoms with Crippen molar-refractivity contribution in [2.45, 2.75) is 25.8 Å². The molecular formula is C22H23ClN4O2. The number of hydrogen-bond acceptors (Lipinski definition) is 3. The molecular weight excluding hydrogens is 388 g/mol. The Bertz CT molecular complexity index is 1030. The summed E-state index contributed by atoms with van der Waals surface area (Å²) >= 11 is 6.20. The van der Waals surface area contributed by atoms with E-state index in [1.54, 1.807) is 4.68 Å². The van der Waals surface area contributed by atoms with E-state index in [4.69, 9.17) is 11.6 Å². The van der Waals surface area contributed by atoms with E-state index in [0.717, 1.165) is 41.5 Å². The van der Waals surface area contributed by atoms with Gasteiger partial charge in [-0.15, -0.1) is 0 Å². The summed E-state index contributed by atoms with van der Waals surface area (Å²) < 4.78 is 1.72. The Morgan fingerprint density at radius 2 is 2.00 bits per heavy atom. The van der Waals surface area contributed by atoms with Gasteiger partial charge in [0, 0.05) is 42.0 Å². The number of likely N-dealkylation sites (tertiary alicyclic amines) is 1. The number of hydrogen-bond donors (Lipinski definition) is 1. The summed E-state index contributed by atoms with van der Waals surface area (Å²) in [6.07, 6.45) is 2.33. The normalized spacial score (nSPS) is 14.0. The molecule has 0 spiro atoms. The molecule has 0 radical (unpaired) electrons. The van der Waals surface area contributed by atoms with Crippen LogP contribution in [-0.2, 0) is 16.1 Å². The molecule has 1 aliphatic heterocycles. The molecule has 1 fully saturated rings. The lowest BCUT2D eigenvalue weighted by atomic mass is 10.1. The number of nitrogens with zero attached hydrogens (tertiary/aromatic N) is 3. The van der Waals surface area contributed by atoms with Gasteiger partial charge >= 0.3 is 0 Å². The lowest BCUT2D eigenvalue weighted by Crippen LogP contribution is -2.32. The molecule has 6 nitrogen and oxygen atoms in total. The van der Waals surface area contributed by atoms with Crippen molar-refractivity contribution in [3.05, 3.63) is 53.6 Å². The fourth-order valence-corrected chi connectivity index (χ4v) is 3.88. The summed E-state index contributed by atoms with van der Waals surface area (Å²) in [5.74, 6) is 0.114. The van der Waals surface area contributed by atoms with Crippen molar-refractivity contribution >= 4 is 34.3 Å². The molecule has 1 saturated heterocycles. The van der Waals surface area contributed by atoms with Crippen molar-refractivity contribution < 1.29 is 9.59 Å². The van der Waals surface area contributed by atoms with Crippen LogP contribution >= 0.6 is 11.6 Å². The van der Waals surface area contributed by atoms with Gasteiger partial charge in [-0.2, -0.15) is 5.10 Å². The molecule has 2 amide bonds. The lowest BCUT2D eigenvalue weighted by molar-refractivity contribution is -0.127. The van der Waals surface area contributed by atoms with Gasteiger partial charge in [0.15, 0.2) is 0 Å². The molecule has 2 heterocycles. The highest BCUT2D eigenvalue weighted by Crippen LogP contribution is 2.30. The quantitative estimate of drug-likeness (QED) is 0.606. The molecule has 0 saturated carbocycles. The monoisotopic (exact) mass is 410 g/mol. The van der Waals surface area contributed by atoms with E-state index in [2.05, 4.69) is 10.4 Å². The summed E-state index contributed by atoms with van der Waals surface area (Å²) in [7, 11) is 0. The van der Waals surface area contributed by atoms with Gasteiger partial charge in [-0.05, 0) is 31.0 Å². The van der Waals surface area contributed by atoms with E-state index in [0.29, 0.717) is 24.5 Å². The Balaban J connectivity index is 1.43. The molecule has 4 rings (SSSR count). The van der Waals surface area contributed by atoms with E-state index in [-0.39, 0.29) is 18.4 Å². The predicted octanol–water partition coefficient (Wildman–Crippen LogP) is 3.49. The highest BCUT2D eigenvalue weighted by atomic mass is 35.5. The number of carbonyl (C=O) groups is 2. The summed E-state index contributed by atoms with van der Waals surface area (Å²) in [5, 5.41) is 9.17. The number of benzene rings is 2. The van der Waals surface area contributed by atoms with Crippen molar-refractivity contribution in [1.29, 1.82) is 0 Å². The first-order chi connectivity index (χ1) is 14.1. The van der Waals surface area contributed by atoms with Crippen LogP contribution in [0.3, 0.4) is 0 Å². The Labute approximate surface area is 174 Å².